The van der Waals surface area contributed by atoms with E-state index < -0.39 is 5.82 Å². The Hall–Kier alpha value is -1.85. The molecule has 0 unspecified atom stereocenters. The minimum absolute atomic E-state index is 0.0208. The molecule has 2 aromatic carbocycles. The second kappa shape index (κ2) is 6.94. The van der Waals surface area contributed by atoms with Gasteiger partial charge in [0, 0.05) is 5.56 Å². The third-order valence-electron chi connectivity index (χ3n) is 2.89. The van der Waals surface area contributed by atoms with Gasteiger partial charge in [0.1, 0.15) is 5.82 Å². The number of ether oxygens (including phenoxy) is 1. The Labute approximate surface area is 140 Å². The minimum Gasteiger partial charge on any atom is -0.503 e. The van der Waals surface area contributed by atoms with E-state index in [4.69, 9.17) is 16.3 Å². The molecular formula is C16H11BrClFO3. The zero-order chi connectivity index (χ0) is 16.3. The van der Waals surface area contributed by atoms with Crippen LogP contribution in [0.15, 0.2) is 40.9 Å². The number of methoxy groups -OCH3 is 1. The van der Waals surface area contributed by atoms with E-state index in [1.165, 1.54) is 25.3 Å². The van der Waals surface area contributed by atoms with Crippen LogP contribution >= 0.6 is 27.5 Å². The van der Waals surface area contributed by atoms with Crippen molar-refractivity contribution >= 4 is 39.4 Å². The van der Waals surface area contributed by atoms with E-state index in [2.05, 4.69) is 15.9 Å². The number of phenols is 1. The van der Waals surface area contributed by atoms with Gasteiger partial charge in [0.2, 0.25) is 0 Å². The summed E-state index contributed by atoms with van der Waals surface area (Å²) in [7, 11) is 1.43. The summed E-state index contributed by atoms with van der Waals surface area (Å²) in [6.45, 7) is 0. The van der Waals surface area contributed by atoms with Gasteiger partial charge >= 0.3 is 0 Å². The summed E-state index contributed by atoms with van der Waals surface area (Å²) in [6.07, 6.45) is 2.87. The van der Waals surface area contributed by atoms with Crippen molar-refractivity contribution < 1.29 is 19.0 Å². The lowest BCUT2D eigenvalue weighted by Crippen LogP contribution is -1.96. The number of aromatic hydroxyl groups is 1. The molecule has 0 aliphatic rings. The molecule has 1 N–H and O–H groups in total. The van der Waals surface area contributed by atoms with E-state index in [0.29, 0.717) is 10.0 Å². The zero-order valence-electron chi connectivity index (χ0n) is 11.4. The van der Waals surface area contributed by atoms with Crippen molar-refractivity contribution in [2.75, 3.05) is 7.11 Å². The molecule has 3 nitrogen and oxygen atoms in total. The summed E-state index contributed by atoms with van der Waals surface area (Å²) in [5, 5.41) is 9.78. The van der Waals surface area contributed by atoms with Crippen molar-refractivity contribution in [1.29, 1.82) is 0 Å². The molecule has 0 radical (unpaired) electrons. The van der Waals surface area contributed by atoms with Gasteiger partial charge in [-0.25, -0.2) is 4.39 Å². The Morgan fingerprint density at radius 3 is 2.73 bits per heavy atom. The topological polar surface area (TPSA) is 46.5 Å². The third kappa shape index (κ3) is 3.67. The van der Waals surface area contributed by atoms with Crippen LogP contribution in [0.5, 0.6) is 11.5 Å². The molecule has 0 aliphatic heterocycles. The predicted molar refractivity (Wildman–Crippen MR) is 87.1 cm³/mol. The lowest BCUT2D eigenvalue weighted by Gasteiger charge is -2.06. The van der Waals surface area contributed by atoms with E-state index in [0.717, 1.165) is 6.07 Å². The predicted octanol–water partition coefficient (Wildman–Crippen LogP) is 4.85. The first-order chi connectivity index (χ1) is 10.4. The van der Waals surface area contributed by atoms with Crippen LogP contribution in [0.4, 0.5) is 4.39 Å². The smallest absolute Gasteiger partial charge is 0.187 e. The van der Waals surface area contributed by atoms with Crippen LogP contribution in [0.1, 0.15) is 15.9 Å². The summed E-state index contributed by atoms with van der Waals surface area (Å²) < 4.78 is 18.4. The fourth-order valence-corrected chi connectivity index (χ4v) is 2.52. The molecule has 0 amide bonds. The Kier molecular flexibility index (Phi) is 5.21. The van der Waals surface area contributed by atoms with Crippen molar-refractivity contribution in [3.05, 3.63) is 62.8 Å². The van der Waals surface area contributed by atoms with Crippen molar-refractivity contribution in [1.82, 2.24) is 0 Å². The van der Waals surface area contributed by atoms with Gasteiger partial charge < -0.3 is 9.84 Å². The van der Waals surface area contributed by atoms with Gasteiger partial charge in [-0.1, -0.05) is 17.7 Å². The largest absolute Gasteiger partial charge is 0.503 e. The lowest BCUT2D eigenvalue weighted by atomic mass is 10.1. The molecule has 0 aliphatic carbocycles. The SMILES string of the molecule is COc1cc(/C=C/C(=O)c2ccc(F)cc2Cl)cc(Br)c1O. The second-order valence-electron chi connectivity index (χ2n) is 4.38. The maximum Gasteiger partial charge on any atom is 0.187 e. The molecule has 0 saturated heterocycles. The number of carbonyl (C=O) groups excluding carboxylic acids is 1. The number of phenolic OH excluding ortho intramolecular Hbond substituents is 1. The first-order valence-corrected chi connectivity index (χ1v) is 7.33. The normalized spacial score (nSPS) is 10.9. The van der Waals surface area contributed by atoms with Crippen molar-refractivity contribution in [3.8, 4) is 11.5 Å². The second-order valence-corrected chi connectivity index (χ2v) is 5.64. The maximum absolute atomic E-state index is 13.0. The first-order valence-electron chi connectivity index (χ1n) is 6.16. The molecule has 0 aromatic heterocycles. The van der Waals surface area contributed by atoms with Gasteiger partial charge in [-0.3, -0.25) is 4.79 Å². The Morgan fingerprint density at radius 1 is 1.36 bits per heavy atom. The first kappa shape index (κ1) is 16.5. The molecule has 114 valence electrons. The molecule has 22 heavy (non-hydrogen) atoms. The summed E-state index contributed by atoms with van der Waals surface area (Å²) in [5.41, 5.74) is 0.859. The molecule has 6 heteroatoms. The number of hydrogen-bond donors (Lipinski definition) is 1. The highest BCUT2D eigenvalue weighted by atomic mass is 79.9. The van der Waals surface area contributed by atoms with Crippen LogP contribution in [0, 0.1) is 5.82 Å². The minimum atomic E-state index is -0.502. The number of carbonyl (C=O) groups is 1. The van der Waals surface area contributed by atoms with E-state index in [1.54, 1.807) is 18.2 Å². The Balaban J connectivity index is 2.28. The maximum atomic E-state index is 13.0. The summed E-state index contributed by atoms with van der Waals surface area (Å²) in [6, 6.07) is 6.80. The average molecular weight is 386 g/mol. The van der Waals surface area contributed by atoms with E-state index in [1.807, 2.05) is 0 Å². The molecule has 0 spiro atoms. The van der Waals surface area contributed by atoms with Crippen molar-refractivity contribution in [2.45, 2.75) is 0 Å². The Bertz CT molecular complexity index is 759. The van der Waals surface area contributed by atoms with E-state index in [9.17, 15) is 14.3 Å². The van der Waals surface area contributed by atoms with Crippen LogP contribution in [0.2, 0.25) is 5.02 Å². The van der Waals surface area contributed by atoms with Crippen LogP contribution in [0.3, 0.4) is 0 Å². The third-order valence-corrected chi connectivity index (χ3v) is 3.81. The number of ketones is 1. The number of benzene rings is 2. The summed E-state index contributed by atoms with van der Waals surface area (Å²) >= 11 is 9.04. The molecule has 2 rings (SSSR count). The standard InChI is InChI=1S/C16H11BrClFO3/c1-22-15-7-9(6-12(17)16(15)21)2-5-14(20)11-4-3-10(19)8-13(11)18/h2-8,21H,1H3/b5-2+. The van der Waals surface area contributed by atoms with Gasteiger partial charge in [-0.15, -0.1) is 0 Å². The molecule has 0 heterocycles. The fourth-order valence-electron chi connectivity index (χ4n) is 1.80. The summed E-state index contributed by atoms with van der Waals surface area (Å²) in [5.74, 6) is -0.597. The number of allylic oxidation sites excluding steroid dienone is 1. The van der Waals surface area contributed by atoms with Crippen LogP contribution < -0.4 is 4.74 Å². The fraction of sp³-hybridized carbons (Fsp3) is 0.0625. The Morgan fingerprint density at radius 2 is 2.09 bits per heavy atom. The molecule has 0 saturated carbocycles. The van der Waals surface area contributed by atoms with Crippen molar-refractivity contribution in [3.63, 3.8) is 0 Å². The van der Waals surface area contributed by atoms with Crippen LogP contribution in [0.25, 0.3) is 6.08 Å². The van der Waals surface area contributed by atoms with Gasteiger partial charge in [0.05, 0.1) is 16.6 Å². The van der Waals surface area contributed by atoms with Crippen molar-refractivity contribution in [2.24, 2.45) is 0 Å². The highest BCUT2D eigenvalue weighted by Gasteiger charge is 2.10. The van der Waals surface area contributed by atoms with Gasteiger partial charge in [0.25, 0.3) is 0 Å². The average Bonchev–Trinajstić information content (AvgIpc) is 2.48. The molecule has 0 bridgehead atoms. The number of rotatable bonds is 4. The lowest BCUT2D eigenvalue weighted by molar-refractivity contribution is 0.104. The van der Waals surface area contributed by atoms with E-state index >= 15 is 0 Å². The quantitative estimate of drug-likeness (QED) is 0.604. The van der Waals surface area contributed by atoms with E-state index in [-0.39, 0.29) is 27.9 Å². The highest BCUT2D eigenvalue weighted by molar-refractivity contribution is 9.10. The summed E-state index contributed by atoms with van der Waals surface area (Å²) in [4.78, 5) is 12.1. The van der Waals surface area contributed by atoms with Gasteiger partial charge in [0.15, 0.2) is 17.3 Å². The number of hydrogen-bond acceptors (Lipinski definition) is 3. The molecule has 0 atom stereocenters. The van der Waals surface area contributed by atoms with Gasteiger partial charge in [-0.2, -0.15) is 0 Å². The highest BCUT2D eigenvalue weighted by Crippen LogP contribution is 2.35. The zero-order valence-corrected chi connectivity index (χ0v) is 13.8. The monoisotopic (exact) mass is 384 g/mol. The molecule has 2 aromatic rings. The number of halogens is 3. The van der Waals surface area contributed by atoms with Crippen LogP contribution in [-0.2, 0) is 0 Å². The van der Waals surface area contributed by atoms with Gasteiger partial charge in [-0.05, 0) is 57.9 Å². The molecule has 0 fully saturated rings. The molecular weight excluding hydrogens is 375 g/mol. The van der Waals surface area contributed by atoms with Crippen LogP contribution in [-0.4, -0.2) is 18.0 Å².